The lowest BCUT2D eigenvalue weighted by atomic mass is 9.96. The average Bonchev–Trinajstić information content (AvgIpc) is 2.81. The van der Waals surface area contributed by atoms with Crippen molar-refractivity contribution in [2.75, 3.05) is 0 Å². The summed E-state index contributed by atoms with van der Waals surface area (Å²) < 4.78 is 5.44. The summed E-state index contributed by atoms with van der Waals surface area (Å²) in [6.07, 6.45) is -0.182. The Morgan fingerprint density at radius 3 is 2.05 bits per heavy atom. The average molecular weight is 542 g/mol. The van der Waals surface area contributed by atoms with Crippen LogP contribution in [-0.4, -0.2) is 56.2 Å². The Bertz CT molecular complexity index is 1130. The van der Waals surface area contributed by atoms with Gasteiger partial charge in [0.25, 0.3) is 0 Å². The first kappa shape index (κ1) is 31.5. The van der Waals surface area contributed by atoms with Crippen molar-refractivity contribution in [3.8, 4) is 11.5 Å². The summed E-state index contributed by atoms with van der Waals surface area (Å²) in [7, 11) is 0. The molecule has 0 saturated heterocycles. The summed E-state index contributed by atoms with van der Waals surface area (Å²) in [6, 6.07) is 10.0. The lowest BCUT2D eigenvalue weighted by Gasteiger charge is -2.39. The van der Waals surface area contributed by atoms with Crippen molar-refractivity contribution in [3.63, 3.8) is 0 Å². The van der Waals surface area contributed by atoms with Crippen molar-refractivity contribution in [3.05, 3.63) is 59.7 Å². The zero-order valence-electron chi connectivity index (χ0n) is 24.2. The maximum absolute atomic E-state index is 14.4. The predicted molar refractivity (Wildman–Crippen MR) is 150 cm³/mol. The van der Waals surface area contributed by atoms with Crippen molar-refractivity contribution in [1.29, 1.82) is 0 Å². The molecule has 214 valence electrons. The fourth-order valence-electron chi connectivity index (χ4n) is 4.07. The lowest BCUT2D eigenvalue weighted by Crippen LogP contribution is -2.57. The van der Waals surface area contributed by atoms with E-state index in [1.165, 1.54) is 23.1 Å². The number of carbonyl (C=O) groups excluding carboxylic acids is 3. The van der Waals surface area contributed by atoms with E-state index in [0.29, 0.717) is 12.0 Å². The number of carbonyl (C=O) groups is 3. The summed E-state index contributed by atoms with van der Waals surface area (Å²) in [5.74, 6) is -1.02. The quantitative estimate of drug-likeness (QED) is 0.361. The largest absolute Gasteiger partial charge is 0.508 e. The maximum Gasteiger partial charge on any atom is 0.408 e. The summed E-state index contributed by atoms with van der Waals surface area (Å²) in [5, 5.41) is 26.1. The highest BCUT2D eigenvalue weighted by atomic mass is 16.6. The van der Waals surface area contributed by atoms with Crippen LogP contribution in [0.3, 0.4) is 0 Å². The molecule has 0 aromatic heterocycles. The minimum absolute atomic E-state index is 0.0708. The van der Waals surface area contributed by atoms with E-state index in [4.69, 9.17) is 4.74 Å². The molecule has 0 heterocycles. The van der Waals surface area contributed by atoms with E-state index in [0.717, 1.165) is 0 Å². The van der Waals surface area contributed by atoms with Gasteiger partial charge in [-0.25, -0.2) is 4.79 Å². The van der Waals surface area contributed by atoms with E-state index in [1.54, 1.807) is 51.1 Å². The Balaban J connectivity index is 2.63. The van der Waals surface area contributed by atoms with Crippen molar-refractivity contribution >= 4 is 17.9 Å². The summed E-state index contributed by atoms with van der Waals surface area (Å²) in [5.41, 5.74) is -0.445. The van der Waals surface area contributed by atoms with Crippen molar-refractivity contribution in [2.24, 2.45) is 0 Å². The molecule has 2 aromatic carbocycles. The number of phenolic OH excluding ortho intramolecular Hbond substituents is 2. The second-order valence-corrected chi connectivity index (χ2v) is 11.8. The van der Waals surface area contributed by atoms with Crippen LogP contribution in [0.4, 0.5) is 4.79 Å². The van der Waals surface area contributed by atoms with Gasteiger partial charge in [0.05, 0.1) is 0 Å². The van der Waals surface area contributed by atoms with Crippen LogP contribution in [0.1, 0.15) is 79.0 Å². The van der Waals surface area contributed by atoms with Crippen LogP contribution < -0.4 is 10.6 Å². The molecule has 0 aliphatic rings. The van der Waals surface area contributed by atoms with Gasteiger partial charge in [-0.05, 0) is 78.6 Å². The Hall–Kier alpha value is -3.75. The number of amides is 3. The molecule has 9 heteroatoms. The summed E-state index contributed by atoms with van der Waals surface area (Å²) in [4.78, 5) is 42.4. The van der Waals surface area contributed by atoms with Gasteiger partial charge in [0, 0.05) is 23.6 Å². The van der Waals surface area contributed by atoms with Crippen molar-refractivity contribution in [2.45, 2.75) is 97.5 Å². The molecule has 0 saturated carbocycles. The number of nitrogens with one attached hydrogen (secondary N) is 2. The van der Waals surface area contributed by atoms with Crippen LogP contribution in [0.25, 0.3) is 0 Å². The smallest absolute Gasteiger partial charge is 0.408 e. The normalized spacial score (nSPS) is 14.1. The highest BCUT2D eigenvalue weighted by molar-refractivity contribution is 5.93. The Labute approximate surface area is 231 Å². The third kappa shape index (κ3) is 9.50. The van der Waals surface area contributed by atoms with Crippen molar-refractivity contribution in [1.82, 2.24) is 15.5 Å². The van der Waals surface area contributed by atoms with Gasteiger partial charge in [-0.15, -0.1) is 0 Å². The molecule has 2 aromatic rings. The van der Waals surface area contributed by atoms with Gasteiger partial charge in [0.1, 0.15) is 29.2 Å². The first-order chi connectivity index (χ1) is 18.0. The van der Waals surface area contributed by atoms with E-state index in [2.05, 4.69) is 10.6 Å². The molecule has 0 aliphatic heterocycles. The number of ether oxygens (including phenoxy) is 1. The first-order valence-corrected chi connectivity index (χ1v) is 13.2. The Kier molecular flexibility index (Phi) is 10.4. The number of hydrogen-bond acceptors (Lipinski definition) is 6. The molecule has 0 spiro atoms. The summed E-state index contributed by atoms with van der Waals surface area (Å²) in [6.45, 7) is 14.4. The molecule has 39 heavy (non-hydrogen) atoms. The van der Waals surface area contributed by atoms with Gasteiger partial charge in [-0.2, -0.15) is 0 Å². The fraction of sp³-hybridized carbons (Fsp3) is 0.500. The third-order valence-electron chi connectivity index (χ3n) is 5.94. The summed E-state index contributed by atoms with van der Waals surface area (Å²) >= 11 is 0. The van der Waals surface area contributed by atoms with E-state index >= 15 is 0 Å². The van der Waals surface area contributed by atoms with Crippen LogP contribution in [0.15, 0.2) is 48.5 Å². The Morgan fingerprint density at radius 2 is 1.54 bits per heavy atom. The highest BCUT2D eigenvalue weighted by Gasteiger charge is 2.40. The van der Waals surface area contributed by atoms with E-state index in [-0.39, 0.29) is 23.5 Å². The van der Waals surface area contributed by atoms with Crippen LogP contribution in [-0.2, 0) is 20.7 Å². The minimum Gasteiger partial charge on any atom is -0.508 e. The number of rotatable bonds is 9. The molecule has 3 atom stereocenters. The zero-order chi connectivity index (χ0) is 29.5. The molecular formula is C30H43N3O6. The number of nitrogens with zero attached hydrogens (tertiary/aromatic N) is 1. The zero-order valence-corrected chi connectivity index (χ0v) is 24.2. The van der Waals surface area contributed by atoms with Crippen LogP contribution in [0, 0.1) is 0 Å². The monoisotopic (exact) mass is 541 g/mol. The number of hydrogen-bond donors (Lipinski definition) is 4. The van der Waals surface area contributed by atoms with Gasteiger partial charge >= 0.3 is 6.09 Å². The second-order valence-electron chi connectivity index (χ2n) is 11.8. The van der Waals surface area contributed by atoms with E-state index < -0.39 is 47.2 Å². The number of phenols is 2. The minimum atomic E-state index is -1.17. The highest BCUT2D eigenvalue weighted by Crippen LogP contribution is 2.32. The van der Waals surface area contributed by atoms with E-state index in [1.807, 2.05) is 34.6 Å². The SMILES string of the molecule is CCC(C)N(C(=O)C(Cc1ccc(O)cc1)NC(=O)OC(C)(C)C)C(C(=O)NC(C)(C)C)c1ccccc1O. The van der Waals surface area contributed by atoms with Crippen LogP contribution in [0.5, 0.6) is 11.5 Å². The van der Waals surface area contributed by atoms with Gasteiger partial charge in [0.15, 0.2) is 0 Å². The number of aromatic hydroxyl groups is 2. The maximum atomic E-state index is 14.4. The third-order valence-corrected chi connectivity index (χ3v) is 5.94. The Morgan fingerprint density at radius 1 is 0.949 bits per heavy atom. The van der Waals surface area contributed by atoms with Gasteiger partial charge in [-0.3, -0.25) is 9.59 Å². The molecule has 0 fully saturated rings. The lowest BCUT2D eigenvalue weighted by molar-refractivity contribution is -0.145. The molecule has 3 amide bonds. The molecule has 4 N–H and O–H groups in total. The predicted octanol–water partition coefficient (Wildman–Crippen LogP) is 4.82. The van der Waals surface area contributed by atoms with Crippen LogP contribution in [0.2, 0.25) is 0 Å². The molecule has 0 aliphatic carbocycles. The molecule has 2 rings (SSSR count). The van der Waals surface area contributed by atoms with Crippen LogP contribution >= 0.6 is 0 Å². The standard InChI is InChI=1S/C30H43N3O6/c1-9-19(2)33(25(26(36)32-29(3,4)5)22-12-10-11-13-24(22)35)27(37)23(31-28(38)39-30(6,7)8)18-20-14-16-21(34)17-15-20/h10-17,19,23,25,34-35H,9,18H2,1-8H3,(H,31,38)(H,32,36). The van der Waals surface area contributed by atoms with Gasteiger partial charge < -0.3 is 30.5 Å². The molecule has 0 radical (unpaired) electrons. The topological polar surface area (TPSA) is 128 Å². The number of alkyl carbamates (subject to hydrolysis) is 1. The van der Waals surface area contributed by atoms with E-state index in [9.17, 15) is 24.6 Å². The van der Waals surface area contributed by atoms with Crippen molar-refractivity contribution < 1.29 is 29.3 Å². The molecule has 3 unspecified atom stereocenters. The van der Waals surface area contributed by atoms with Gasteiger partial charge in [-0.1, -0.05) is 37.3 Å². The fourth-order valence-corrected chi connectivity index (χ4v) is 4.07. The van der Waals surface area contributed by atoms with Gasteiger partial charge in [0.2, 0.25) is 11.8 Å². The first-order valence-electron chi connectivity index (χ1n) is 13.2. The molecule has 9 nitrogen and oxygen atoms in total. The molecule has 0 bridgehead atoms. The molecular weight excluding hydrogens is 498 g/mol. The number of benzene rings is 2. The second kappa shape index (κ2) is 12.9. The number of para-hydroxylation sites is 1.